The van der Waals surface area contributed by atoms with Crippen molar-refractivity contribution >= 4 is 23.0 Å². The van der Waals surface area contributed by atoms with E-state index in [1.807, 2.05) is 91.0 Å². The van der Waals surface area contributed by atoms with Crippen LogP contribution in [0.3, 0.4) is 0 Å². The lowest BCUT2D eigenvalue weighted by molar-refractivity contribution is 0.278. The van der Waals surface area contributed by atoms with Crippen LogP contribution in [-0.4, -0.2) is 5.11 Å². The quantitative estimate of drug-likeness (QED) is 0.118. The molecule has 0 amide bonds. The predicted molar refractivity (Wildman–Crippen MR) is 196 cm³/mol. The van der Waals surface area contributed by atoms with Gasteiger partial charge in [0, 0.05) is 5.56 Å². The lowest BCUT2D eigenvalue weighted by atomic mass is 10.2. The Hall–Kier alpha value is -5.23. The minimum Gasteiger partial charge on any atom is -0.413 e. The van der Waals surface area contributed by atoms with Crippen LogP contribution < -0.4 is 27.1 Å². The molecule has 10 nitrogen and oxygen atoms in total. The molecule has 13 heteroatoms. The average molecular weight is 724 g/mol. The van der Waals surface area contributed by atoms with E-state index in [9.17, 15) is 5.11 Å². The maximum atomic E-state index is 10.3. The van der Waals surface area contributed by atoms with Gasteiger partial charge in [-0.25, -0.2) is 0 Å². The zero-order valence-electron chi connectivity index (χ0n) is 26.5. The van der Waals surface area contributed by atoms with Crippen molar-refractivity contribution in [3.05, 3.63) is 181 Å². The molecule has 1 unspecified atom stereocenters. The van der Waals surface area contributed by atoms with Gasteiger partial charge in [-0.15, -0.1) is 0 Å². The van der Waals surface area contributed by atoms with Crippen LogP contribution in [0, 0.1) is 0 Å². The first-order valence-electron chi connectivity index (χ1n) is 15.6. The average Bonchev–Trinajstić information content (AvgIpc) is 3.13. The number of hydrogen-bond donors (Lipinski definition) is 1. The second-order valence-corrected chi connectivity index (χ2v) is 16.8. The summed E-state index contributed by atoms with van der Waals surface area (Å²) in [6, 6.07) is 52.5. The summed E-state index contributed by atoms with van der Waals surface area (Å²) in [6.07, 6.45) is 0. The van der Waals surface area contributed by atoms with Crippen molar-refractivity contribution in [2.45, 2.75) is 6.61 Å². The lowest BCUT2D eigenvalue weighted by Crippen LogP contribution is -2.11. The molecule has 0 radical (unpaired) electrons. The van der Waals surface area contributed by atoms with Crippen molar-refractivity contribution < 1.29 is 32.2 Å². The lowest BCUT2D eigenvalue weighted by Gasteiger charge is -2.33. The Labute approximate surface area is 290 Å². The molecule has 6 aromatic carbocycles. The largest absolute Gasteiger partial charge is 0.460 e. The van der Waals surface area contributed by atoms with E-state index in [0.29, 0.717) is 40.1 Å². The monoisotopic (exact) mass is 723 g/mol. The number of benzene rings is 6. The van der Waals surface area contributed by atoms with E-state index in [0.717, 1.165) is 0 Å². The minimum absolute atomic E-state index is 0.295. The molecule has 0 saturated heterocycles. The van der Waals surface area contributed by atoms with Gasteiger partial charge in [0.2, 0.25) is 0 Å². The summed E-state index contributed by atoms with van der Waals surface area (Å²) < 4.78 is 56.0. The van der Waals surface area contributed by atoms with Crippen LogP contribution in [0.1, 0.15) is 5.56 Å². The zero-order chi connectivity index (χ0) is 34.1. The van der Waals surface area contributed by atoms with Crippen molar-refractivity contribution in [2.75, 3.05) is 0 Å². The van der Waals surface area contributed by atoms with Crippen LogP contribution in [0.5, 0.6) is 34.5 Å². The van der Waals surface area contributed by atoms with E-state index >= 15 is 0 Å². The summed E-state index contributed by atoms with van der Waals surface area (Å²) in [4.78, 5) is 0. The Morgan fingerprint density at radius 3 is 0.900 bits per heavy atom. The van der Waals surface area contributed by atoms with Gasteiger partial charge >= 0.3 is 23.0 Å². The van der Waals surface area contributed by atoms with Crippen molar-refractivity contribution in [2.24, 2.45) is 13.5 Å². The number of para-hydroxylation sites is 6. The van der Waals surface area contributed by atoms with Gasteiger partial charge in [0.15, 0.2) is 0 Å². The van der Waals surface area contributed by atoms with Crippen molar-refractivity contribution in [3.8, 4) is 34.5 Å². The SMILES string of the molecule is OCc1ccccc1OP1(Oc2ccccc2)=NP(Oc2ccccc2)(Oc2ccccc2)=NP(Oc2ccccc2)(Oc2ccccc2)=N1. The highest BCUT2D eigenvalue weighted by Gasteiger charge is 2.49. The Morgan fingerprint density at radius 1 is 0.340 bits per heavy atom. The standard InChI is InChI=1S/C37H32N3O7P3/c41-30-31-18-16-17-29-37(31)47-50(46-36-27-14-5-15-28-36)39-48(42-32-19-6-1-7-20-32,43-33-21-8-2-9-22-33)38-49(40-50,44-34-23-10-3-11-24-34)45-35-25-12-4-13-26-35/h1-29,41H,30H2. The third-order valence-electron chi connectivity index (χ3n) is 6.88. The molecular weight excluding hydrogens is 691 g/mol. The molecule has 1 aliphatic heterocycles. The van der Waals surface area contributed by atoms with Gasteiger partial charge in [0.05, 0.1) is 6.61 Å². The summed E-state index contributed by atoms with van der Waals surface area (Å²) in [5.74, 6) is 2.42. The minimum atomic E-state index is -4.02. The fourth-order valence-electron chi connectivity index (χ4n) is 4.70. The number of rotatable bonds is 13. The van der Waals surface area contributed by atoms with Crippen molar-refractivity contribution in [1.82, 2.24) is 0 Å². The molecule has 50 heavy (non-hydrogen) atoms. The van der Waals surface area contributed by atoms with E-state index in [2.05, 4.69) is 0 Å². The maximum absolute atomic E-state index is 10.3. The van der Waals surface area contributed by atoms with Gasteiger partial charge < -0.3 is 32.2 Å². The molecule has 0 saturated carbocycles. The second kappa shape index (κ2) is 15.1. The highest BCUT2D eigenvalue weighted by atomic mass is 31.3. The van der Waals surface area contributed by atoms with Gasteiger partial charge in [-0.2, -0.15) is 0 Å². The molecule has 0 aliphatic carbocycles. The molecule has 0 fully saturated rings. The van der Waals surface area contributed by atoms with Crippen LogP contribution >= 0.6 is 23.0 Å². The number of aliphatic hydroxyl groups excluding tert-OH is 1. The van der Waals surface area contributed by atoms with Crippen molar-refractivity contribution in [3.63, 3.8) is 0 Å². The van der Waals surface area contributed by atoms with Gasteiger partial charge in [-0.1, -0.05) is 123 Å². The molecule has 252 valence electrons. The van der Waals surface area contributed by atoms with Crippen LogP contribution in [-0.2, 0) is 6.61 Å². The highest BCUT2D eigenvalue weighted by Crippen LogP contribution is 2.78. The van der Waals surface area contributed by atoms with Gasteiger partial charge in [-0.05, 0) is 66.7 Å². The number of nitrogens with zero attached hydrogens (tertiary/aromatic N) is 3. The maximum Gasteiger partial charge on any atom is 0.460 e. The first-order chi connectivity index (χ1) is 24.5. The third-order valence-corrected chi connectivity index (χ3v) is 15.0. The Kier molecular flexibility index (Phi) is 10.1. The van der Waals surface area contributed by atoms with E-state index in [-0.39, 0.29) is 6.61 Å². The first-order valence-corrected chi connectivity index (χ1v) is 20.2. The van der Waals surface area contributed by atoms with E-state index in [1.54, 1.807) is 84.9 Å². The topological polar surface area (TPSA) is 113 Å². The molecule has 0 aromatic heterocycles. The predicted octanol–water partition coefficient (Wildman–Crippen LogP) is 11.8. The fourth-order valence-corrected chi connectivity index (χ4v) is 13.8. The summed E-state index contributed by atoms with van der Waals surface area (Å²) in [5, 5.41) is 10.3. The Bertz CT molecular complexity index is 2020. The van der Waals surface area contributed by atoms with Crippen LogP contribution in [0.2, 0.25) is 0 Å². The molecule has 7 rings (SSSR count). The zero-order valence-corrected chi connectivity index (χ0v) is 29.2. The van der Waals surface area contributed by atoms with Gasteiger partial charge in [-0.3, -0.25) is 0 Å². The highest BCUT2D eigenvalue weighted by molar-refractivity contribution is 7.79. The Balaban J connectivity index is 1.57. The molecule has 1 N–H and O–H groups in total. The summed E-state index contributed by atoms with van der Waals surface area (Å²) in [5.41, 5.74) is 0.491. The van der Waals surface area contributed by atoms with E-state index in [4.69, 9.17) is 40.7 Å². The number of aliphatic hydroxyl groups is 1. The van der Waals surface area contributed by atoms with Gasteiger partial charge in [0.1, 0.15) is 34.5 Å². The summed E-state index contributed by atoms with van der Waals surface area (Å²) >= 11 is 0. The number of hydrogen-bond acceptors (Lipinski definition) is 10. The van der Waals surface area contributed by atoms with E-state index < -0.39 is 23.0 Å². The molecule has 1 aliphatic rings. The van der Waals surface area contributed by atoms with Crippen LogP contribution in [0.4, 0.5) is 0 Å². The summed E-state index contributed by atoms with van der Waals surface area (Å²) in [7, 11) is -11.9. The molecule has 1 heterocycles. The fraction of sp³-hybridized carbons (Fsp3) is 0.0270. The molecule has 6 aromatic rings. The van der Waals surface area contributed by atoms with Crippen LogP contribution in [0.15, 0.2) is 189 Å². The Morgan fingerprint density at radius 2 is 0.600 bits per heavy atom. The molecular formula is C37H32N3O7P3. The molecule has 0 spiro atoms. The second-order valence-electron chi connectivity index (χ2n) is 10.6. The molecule has 0 bridgehead atoms. The van der Waals surface area contributed by atoms with Crippen molar-refractivity contribution in [1.29, 1.82) is 0 Å². The normalized spacial score (nSPS) is 17.1. The third kappa shape index (κ3) is 8.14. The smallest absolute Gasteiger partial charge is 0.413 e. The van der Waals surface area contributed by atoms with Crippen LogP contribution in [0.25, 0.3) is 0 Å². The van der Waals surface area contributed by atoms with E-state index in [1.165, 1.54) is 0 Å². The first kappa shape index (κ1) is 33.3. The molecule has 1 atom stereocenters. The van der Waals surface area contributed by atoms with Gasteiger partial charge in [0.25, 0.3) is 0 Å². The summed E-state index contributed by atoms with van der Waals surface area (Å²) in [6.45, 7) is -0.311.